The maximum Gasteiger partial charge on any atom is 0.253 e. The van der Waals surface area contributed by atoms with E-state index in [1.165, 1.54) is 7.05 Å². The van der Waals surface area contributed by atoms with E-state index in [9.17, 15) is 4.79 Å². The minimum absolute atomic E-state index is 0.261. The Kier molecular flexibility index (Phi) is 3.36. The summed E-state index contributed by atoms with van der Waals surface area (Å²) in [5, 5.41) is 2.17. The number of rotatable bonds is 3. The first-order valence-electron chi connectivity index (χ1n) is 5.81. The van der Waals surface area contributed by atoms with Crippen LogP contribution in [-0.4, -0.2) is 28.6 Å². The Morgan fingerprint density at radius 3 is 2.78 bits per heavy atom. The van der Waals surface area contributed by atoms with Crippen molar-refractivity contribution in [2.24, 2.45) is 18.6 Å². The van der Waals surface area contributed by atoms with E-state index in [0.717, 1.165) is 21.5 Å². The third-order valence-electron chi connectivity index (χ3n) is 3.08. The van der Waals surface area contributed by atoms with Crippen LogP contribution >= 0.6 is 0 Å². The Bertz CT molecular complexity index is 573. The van der Waals surface area contributed by atoms with Gasteiger partial charge >= 0.3 is 0 Å². The zero-order chi connectivity index (χ0) is 13.3. The molecule has 0 aliphatic carbocycles. The highest BCUT2D eigenvalue weighted by atomic mass is 16.2. The second-order valence-corrected chi connectivity index (χ2v) is 4.54. The van der Waals surface area contributed by atoms with E-state index in [0.29, 0.717) is 6.42 Å². The van der Waals surface area contributed by atoms with Crippen molar-refractivity contribution in [3.8, 4) is 0 Å². The number of para-hydroxylation sites is 1. The van der Waals surface area contributed by atoms with E-state index < -0.39 is 6.04 Å². The minimum atomic E-state index is -0.606. The molecule has 5 heteroatoms. The topological polar surface area (TPSA) is 77.3 Å². The zero-order valence-electron chi connectivity index (χ0n) is 10.6. The van der Waals surface area contributed by atoms with Crippen LogP contribution in [0.5, 0.6) is 0 Å². The molecule has 1 heterocycles. The fourth-order valence-electron chi connectivity index (χ4n) is 2.17. The van der Waals surface area contributed by atoms with Gasteiger partial charge in [0, 0.05) is 31.2 Å². The lowest BCUT2D eigenvalue weighted by atomic mass is 10.1. The smallest absolute Gasteiger partial charge is 0.253 e. The van der Waals surface area contributed by atoms with Crippen LogP contribution in [0.15, 0.2) is 30.5 Å². The van der Waals surface area contributed by atoms with Crippen molar-refractivity contribution in [1.82, 2.24) is 9.58 Å². The van der Waals surface area contributed by atoms with Crippen molar-refractivity contribution in [1.29, 1.82) is 0 Å². The van der Waals surface area contributed by atoms with Crippen molar-refractivity contribution >= 4 is 16.8 Å². The van der Waals surface area contributed by atoms with Gasteiger partial charge in [-0.3, -0.25) is 9.80 Å². The summed E-state index contributed by atoms with van der Waals surface area (Å²) in [6.45, 7) is 0. The van der Waals surface area contributed by atoms with Gasteiger partial charge in [-0.2, -0.15) is 0 Å². The van der Waals surface area contributed by atoms with Gasteiger partial charge in [0.15, 0.2) is 0 Å². The fourth-order valence-corrected chi connectivity index (χ4v) is 2.17. The van der Waals surface area contributed by atoms with Gasteiger partial charge in [0.1, 0.15) is 0 Å². The van der Waals surface area contributed by atoms with E-state index in [4.69, 9.17) is 11.6 Å². The lowest BCUT2D eigenvalue weighted by molar-refractivity contribution is -0.131. The number of fused-ring (bicyclic) bond motifs is 1. The van der Waals surface area contributed by atoms with Crippen molar-refractivity contribution in [2.75, 3.05) is 7.05 Å². The van der Waals surface area contributed by atoms with Crippen LogP contribution in [0.2, 0.25) is 0 Å². The molecule has 1 aromatic carbocycles. The monoisotopic (exact) mass is 246 g/mol. The second kappa shape index (κ2) is 4.80. The summed E-state index contributed by atoms with van der Waals surface area (Å²) in [6.07, 6.45) is 2.50. The molecule has 18 heavy (non-hydrogen) atoms. The first-order chi connectivity index (χ1) is 8.50. The number of hydrazine groups is 1. The predicted molar refractivity (Wildman–Crippen MR) is 71.6 cm³/mol. The first-order valence-corrected chi connectivity index (χ1v) is 5.81. The van der Waals surface area contributed by atoms with Crippen LogP contribution < -0.4 is 11.6 Å². The number of hydrogen-bond acceptors (Lipinski definition) is 3. The molecule has 0 saturated heterocycles. The standard InChI is InChI=1S/C13H18N4O/c1-16-8-9(7-11(14)13(18)17(2)15)10-5-3-4-6-12(10)16/h3-6,8,11H,7,14-15H2,1-2H3. The quantitative estimate of drug-likeness (QED) is 0.467. The zero-order valence-corrected chi connectivity index (χ0v) is 10.6. The minimum Gasteiger partial charge on any atom is -0.350 e. The number of aryl methyl sites for hydroxylation is 1. The SMILES string of the molecule is CN(N)C(=O)C(N)Cc1cn(C)c2ccccc12. The molecule has 0 aliphatic rings. The van der Waals surface area contributed by atoms with Gasteiger partial charge in [-0.1, -0.05) is 18.2 Å². The van der Waals surface area contributed by atoms with Crippen LogP contribution in [0.3, 0.4) is 0 Å². The molecule has 0 bridgehead atoms. The van der Waals surface area contributed by atoms with Crippen LogP contribution in [0, 0.1) is 0 Å². The molecular weight excluding hydrogens is 228 g/mol. The Morgan fingerprint density at radius 2 is 2.11 bits per heavy atom. The van der Waals surface area contributed by atoms with Crippen LogP contribution in [0.25, 0.3) is 10.9 Å². The van der Waals surface area contributed by atoms with E-state index in [-0.39, 0.29) is 5.91 Å². The van der Waals surface area contributed by atoms with E-state index >= 15 is 0 Å². The van der Waals surface area contributed by atoms with E-state index in [2.05, 4.69) is 0 Å². The molecule has 0 aliphatic heterocycles. The van der Waals surface area contributed by atoms with Gasteiger partial charge in [-0.15, -0.1) is 0 Å². The summed E-state index contributed by atoms with van der Waals surface area (Å²) in [4.78, 5) is 11.7. The molecule has 0 radical (unpaired) electrons. The largest absolute Gasteiger partial charge is 0.350 e. The summed E-state index contributed by atoms with van der Waals surface area (Å²) in [5.41, 5.74) is 8.07. The highest BCUT2D eigenvalue weighted by molar-refractivity contribution is 5.86. The number of nitrogens with zero attached hydrogens (tertiary/aromatic N) is 2. The van der Waals surface area contributed by atoms with Crippen molar-refractivity contribution in [2.45, 2.75) is 12.5 Å². The van der Waals surface area contributed by atoms with E-state index in [1.54, 1.807) is 0 Å². The molecule has 2 rings (SSSR count). The molecule has 1 unspecified atom stereocenters. The number of nitrogens with two attached hydrogens (primary N) is 2. The number of hydrogen-bond donors (Lipinski definition) is 2. The number of aromatic nitrogens is 1. The third kappa shape index (κ3) is 2.23. The first kappa shape index (κ1) is 12.6. The summed E-state index contributed by atoms with van der Waals surface area (Å²) >= 11 is 0. The maximum absolute atomic E-state index is 11.7. The van der Waals surface area contributed by atoms with Crippen LogP contribution in [-0.2, 0) is 18.3 Å². The van der Waals surface area contributed by atoms with Crippen molar-refractivity contribution in [3.05, 3.63) is 36.0 Å². The average Bonchev–Trinajstić information content (AvgIpc) is 2.66. The van der Waals surface area contributed by atoms with Crippen molar-refractivity contribution < 1.29 is 4.79 Å². The molecule has 1 aromatic heterocycles. The third-order valence-corrected chi connectivity index (χ3v) is 3.08. The van der Waals surface area contributed by atoms with E-state index in [1.807, 2.05) is 42.1 Å². The molecule has 2 aromatic rings. The van der Waals surface area contributed by atoms with Gasteiger partial charge in [-0.05, 0) is 18.1 Å². The van der Waals surface area contributed by atoms with Gasteiger partial charge in [0.25, 0.3) is 5.91 Å². The molecule has 0 fully saturated rings. The molecule has 96 valence electrons. The number of likely N-dealkylation sites (N-methyl/N-ethyl adjacent to an activating group) is 1. The van der Waals surface area contributed by atoms with Crippen LogP contribution in [0.4, 0.5) is 0 Å². The molecule has 4 N–H and O–H groups in total. The molecule has 0 saturated carbocycles. The van der Waals surface area contributed by atoms with Gasteiger partial charge in [-0.25, -0.2) is 5.84 Å². The Balaban J connectivity index is 2.30. The average molecular weight is 246 g/mol. The summed E-state index contributed by atoms with van der Waals surface area (Å²) in [5.74, 6) is 5.15. The van der Waals surface area contributed by atoms with Crippen molar-refractivity contribution in [3.63, 3.8) is 0 Å². The normalized spacial score (nSPS) is 12.7. The Labute approximate surface area is 106 Å². The number of carbonyl (C=O) groups excluding carboxylic acids is 1. The summed E-state index contributed by atoms with van der Waals surface area (Å²) < 4.78 is 2.04. The molecule has 5 nitrogen and oxygen atoms in total. The van der Waals surface area contributed by atoms with Crippen LogP contribution in [0.1, 0.15) is 5.56 Å². The number of amides is 1. The van der Waals surface area contributed by atoms with Gasteiger partial charge in [0.2, 0.25) is 0 Å². The highest BCUT2D eigenvalue weighted by Crippen LogP contribution is 2.21. The Morgan fingerprint density at radius 1 is 1.44 bits per heavy atom. The second-order valence-electron chi connectivity index (χ2n) is 4.54. The summed E-state index contributed by atoms with van der Waals surface area (Å²) in [6, 6.07) is 7.44. The number of benzene rings is 1. The molecule has 0 spiro atoms. The highest BCUT2D eigenvalue weighted by Gasteiger charge is 2.18. The maximum atomic E-state index is 11.7. The molecule has 1 atom stereocenters. The number of carbonyl (C=O) groups is 1. The van der Waals surface area contributed by atoms with Gasteiger partial charge < -0.3 is 10.3 Å². The Hall–Kier alpha value is -1.85. The lowest BCUT2D eigenvalue weighted by Crippen LogP contribution is -2.46. The van der Waals surface area contributed by atoms with Gasteiger partial charge in [0.05, 0.1) is 6.04 Å². The predicted octanol–water partition coefficient (Wildman–Crippen LogP) is 0.380. The fraction of sp³-hybridized carbons (Fsp3) is 0.308. The lowest BCUT2D eigenvalue weighted by Gasteiger charge is -2.15. The molecule has 1 amide bonds. The summed E-state index contributed by atoms with van der Waals surface area (Å²) in [7, 11) is 3.49. The molecular formula is C13H18N4O.